The number of amides is 1. The smallest absolute Gasteiger partial charge is 0.433 e. The van der Waals surface area contributed by atoms with Gasteiger partial charge in [0.25, 0.3) is 5.69 Å². The lowest BCUT2D eigenvalue weighted by Crippen LogP contribution is -2.23. The molecule has 0 saturated carbocycles. The van der Waals surface area contributed by atoms with Crippen LogP contribution in [0.4, 0.5) is 10.5 Å². The molecular formula is C14H15N3O5. The first-order valence-electron chi connectivity index (χ1n) is 6.69. The summed E-state index contributed by atoms with van der Waals surface area (Å²) in [6, 6.07) is 5.88. The Morgan fingerprint density at radius 1 is 1.45 bits per heavy atom. The van der Waals surface area contributed by atoms with Crippen molar-refractivity contribution in [3.63, 3.8) is 0 Å². The van der Waals surface area contributed by atoms with Gasteiger partial charge in [-0.1, -0.05) is 12.1 Å². The number of hydrogen-bond donors (Lipinski definition) is 1. The molecule has 0 bridgehead atoms. The van der Waals surface area contributed by atoms with Crippen LogP contribution in [0, 0.1) is 10.1 Å². The molecule has 0 aliphatic carbocycles. The van der Waals surface area contributed by atoms with Crippen molar-refractivity contribution in [2.24, 2.45) is 5.16 Å². The summed E-state index contributed by atoms with van der Waals surface area (Å²) < 4.78 is 5.51. The molecule has 8 nitrogen and oxygen atoms in total. The zero-order chi connectivity index (χ0) is 16.1. The number of furan rings is 1. The fraction of sp³-hybridized carbons (Fsp3) is 0.286. The minimum Gasteiger partial charge on any atom is -0.455 e. The number of benzene rings is 1. The van der Waals surface area contributed by atoms with Crippen LogP contribution in [0.1, 0.15) is 26.0 Å². The van der Waals surface area contributed by atoms with Crippen molar-refractivity contribution >= 4 is 28.5 Å². The molecule has 0 atom stereocenters. The fourth-order valence-corrected chi connectivity index (χ4v) is 1.74. The van der Waals surface area contributed by atoms with E-state index in [9.17, 15) is 14.9 Å². The van der Waals surface area contributed by atoms with Crippen LogP contribution in [0.3, 0.4) is 0 Å². The molecule has 2 rings (SSSR count). The van der Waals surface area contributed by atoms with Crippen molar-refractivity contribution in [2.75, 3.05) is 6.54 Å². The highest BCUT2D eigenvalue weighted by Crippen LogP contribution is 2.24. The fourth-order valence-electron chi connectivity index (χ4n) is 1.74. The van der Waals surface area contributed by atoms with E-state index in [2.05, 4.69) is 15.3 Å². The van der Waals surface area contributed by atoms with Crippen LogP contribution in [0.25, 0.3) is 11.0 Å². The molecule has 1 amide bonds. The van der Waals surface area contributed by atoms with Crippen LogP contribution in [-0.4, -0.2) is 23.3 Å². The van der Waals surface area contributed by atoms with E-state index in [1.165, 1.54) is 18.2 Å². The number of rotatable bonds is 5. The highest BCUT2D eigenvalue weighted by Gasteiger charge is 2.12. The lowest BCUT2D eigenvalue weighted by molar-refractivity contribution is -0.384. The summed E-state index contributed by atoms with van der Waals surface area (Å²) in [5.74, 6) is 0.374. The second kappa shape index (κ2) is 6.70. The molecule has 0 saturated heterocycles. The van der Waals surface area contributed by atoms with E-state index in [1.807, 2.05) is 6.92 Å². The number of carbonyl (C=O) groups excluding carboxylic acids is 1. The predicted molar refractivity (Wildman–Crippen MR) is 79.9 cm³/mol. The summed E-state index contributed by atoms with van der Waals surface area (Å²) in [6.07, 6.45) is 0.146. The van der Waals surface area contributed by atoms with Crippen molar-refractivity contribution in [1.82, 2.24) is 5.32 Å². The first kappa shape index (κ1) is 15.5. The van der Waals surface area contributed by atoms with Crippen LogP contribution >= 0.6 is 0 Å². The van der Waals surface area contributed by atoms with Crippen molar-refractivity contribution in [3.8, 4) is 0 Å². The zero-order valence-corrected chi connectivity index (χ0v) is 12.2. The largest absolute Gasteiger partial charge is 0.455 e. The maximum Gasteiger partial charge on any atom is 0.433 e. The van der Waals surface area contributed by atoms with Crippen LogP contribution < -0.4 is 5.32 Å². The highest BCUT2D eigenvalue weighted by molar-refractivity contribution is 5.99. The minimum absolute atomic E-state index is 0.0235. The van der Waals surface area contributed by atoms with E-state index in [1.54, 1.807) is 13.0 Å². The Labute approximate surface area is 125 Å². The summed E-state index contributed by atoms with van der Waals surface area (Å²) in [7, 11) is 0. The summed E-state index contributed by atoms with van der Waals surface area (Å²) >= 11 is 0. The molecule has 1 aromatic carbocycles. The van der Waals surface area contributed by atoms with Gasteiger partial charge in [0.05, 0.1) is 4.92 Å². The molecule has 116 valence electrons. The van der Waals surface area contributed by atoms with Crippen molar-refractivity contribution in [3.05, 3.63) is 40.1 Å². The molecule has 0 aliphatic rings. The van der Waals surface area contributed by atoms with Gasteiger partial charge in [-0.2, -0.15) is 0 Å². The van der Waals surface area contributed by atoms with Gasteiger partial charge >= 0.3 is 6.09 Å². The van der Waals surface area contributed by atoms with E-state index >= 15 is 0 Å². The summed E-state index contributed by atoms with van der Waals surface area (Å²) in [5.41, 5.74) is 0.820. The van der Waals surface area contributed by atoms with E-state index in [-0.39, 0.29) is 5.69 Å². The first-order chi connectivity index (χ1) is 10.5. The molecule has 1 aromatic heterocycles. The van der Waals surface area contributed by atoms with Crippen LogP contribution in [-0.2, 0) is 4.84 Å². The molecule has 0 fully saturated rings. The number of non-ortho nitro benzene ring substituents is 1. The number of oxime groups is 1. The van der Waals surface area contributed by atoms with Gasteiger partial charge in [-0.3, -0.25) is 15.0 Å². The first-order valence-corrected chi connectivity index (χ1v) is 6.69. The van der Waals surface area contributed by atoms with Crippen molar-refractivity contribution in [1.29, 1.82) is 0 Å². The lowest BCUT2D eigenvalue weighted by Gasteiger charge is -2.00. The number of hydrogen-bond acceptors (Lipinski definition) is 6. The second-order valence-electron chi connectivity index (χ2n) is 4.57. The molecule has 8 heteroatoms. The molecule has 0 radical (unpaired) electrons. The Balaban J connectivity index is 2.16. The molecular weight excluding hydrogens is 290 g/mol. The lowest BCUT2D eigenvalue weighted by atomic mass is 10.2. The molecule has 22 heavy (non-hydrogen) atoms. The summed E-state index contributed by atoms with van der Waals surface area (Å²) in [4.78, 5) is 26.2. The number of nitrogens with one attached hydrogen (secondary N) is 1. The quantitative estimate of drug-likeness (QED) is 0.395. The van der Waals surface area contributed by atoms with Crippen LogP contribution in [0.5, 0.6) is 0 Å². The van der Waals surface area contributed by atoms with E-state index in [4.69, 9.17) is 4.42 Å². The number of nitro benzene ring substituents is 1. The maximum absolute atomic E-state index is 11.3. The molecule has 1 N–H and O–H groups in total. The van der Waals surface area contributed by atoms with Gasteiger partial charge in [-0.25, -0.2) is 4.79 Å². The second-order valence-corrected chi connectivity index (χ2v) is 4.57. The van der Waals surface area contributed by atoms with Gasteiger partial charge in [0.1, 0.15) is 11.3 Å². The Kier molecular flexibility index (Phi) is 4.72. The average Bonchev–Trinajstić information content (AvgIpc) is 2.93. The maximum atomic E-state index is 11.3. The molecule has 1 heterocycles. The van der Waals surface area contributed by atoms with Gasteiger partial charge in [0.2, 0.25) is 0 Å². The van der Waals surface area contributed by atoms with Gasteiger partial charge in [-0.05, 0) is 25.5 Å². The third kappa shape index (κ3) is 3.60. The highest BCUT2D eigenvalue weighted by atomic mass is 16.7. The molecule has 0 aliphatic heterocycles. The number of nitrogens with zero attached hydrogens (tertiary/aromatic N) is 2. The topological polar surface area (TPSA) is 107 Å². The summed E-state index contributed by atoms with van der Waals surface area (Å²) in [5, 5.41) is 17.5. The Bertz CT molecular complexity index is 735. The van der Waals surface area contributed by atoms with Gasteiger partial charge < -0.3 is 9.73 Å². The van der Waals surface area contributed by atoms with Crippen LogP contribution in [0.15, 0.2) is 33.8 Å². The number of carbonyl (C=O) groups is 1. The van der Waals surface area contributed by atoms with E-state index < -0.39 is 11.0 Å². The SMILES string of the molecule is CCCNC(=O)O/N=C(\C)c1cc2cc([N+](=O)[O-])ccc2o1. The third-order valence-electron chi connectivity index (χ3n) is 2.85. The van der Waals surface area contributed by atoms with Gasteiger partial charge in [-0.15, -0.1) is 0 Å². The number of fused-ring (bicyclic) bond motifs is 1. The van der Waals surface area contributed by atoms with Gasteiger partial charge in [0.15, 0.2) is 5.76 Å². The average molecular weight is 305 g/mol. The van der Waals surface area contributed by atoms with Crippen LogP contribution in [0.2, 0.25) is 0 Å². The Morgan fingerprint density at radius 3 is 2.91 bits per heavy atom. The zero-order valence-electron chi connectivity index (χ0n) is 12.2. The molecule has 2 aromatic rings. The van der Waals surface area contributed by atoms with E-state index in [0.29, 0.717) is 29.0 Å². The van der Waals surface area contributed by atoms with E-state index in [0.717, 1.165) is 6.42 Å². The minimum atomic E-state index is -0.645. The molecule has 0 spiro atoms. The monoisotopic (exact) mass is 305 g/mol. The third-order valence-corrected chi connectivity index (χ3v) is 2.85. The number of nitro groups is 1. The normalized spacial score (nSPS) is 11.5. The Morgan fingerprint density at radius 2 is 2.23 bits per heavy atom. The molecule has 0 unspecified atom stereocenters. The van der Waals surface area contributed by atoms with Gasteiger partial charge in [0, 0.05) is 24.1 Å². The van der Waals surface area contributed by atoms with Crippen molar-refractivity contribution < 1.29 is 19.0 Å². The standard InChI is InChI=1S/C14H15N3O5/c1-3-6-15-14(18)22-16-9(2)13-8-10-7-11(17(19)20)4-5-12(10)21-13/h4-5,7-8H,3,6H2,1-2H3,(H,15,18)/b16-9+. The predicted octanol–water partition coefficient (Wildman–Crippen LogP) is 3.20. The van der Waals surface area contributed by atoms with Crippen molar-refractivity contribution in [2.45, 2.75) is 20.3 Å². The summed E-state index contributed by atoms with van der Waals surface area (Å²) in [6.45, 7) is 4.03. The Hall–Kier alpha value is -2.90.